The lowest BCUT2D eigenvalue weighted by Gasteiger charge is -2.03. The highest BCUT2D eigenvalue weighted by Crippen LogP contribution is 2.13. The van der Waals surface area contributed by atoms with Crippen molar-refractivity contribution in [1.82, 2.24) is 9.97 Å². The van der Waals surface area contributed by atoms with Crippen molar-refractivity contribution in [2.45, 2.75) is 117 Å². The lowest BCUT2D eigenvalue weighted by atomic mass is 10.0. The third-order valence-electron chi connectivity index (χ3n) is 5.55. The van der Waals surface area contributed by atoms with Gasteiger partial charge in [-0.05, 0) is 24.3 Å². The largest absolute Gasteiger partial charge is 0.255 e. The number of nitrogens with zero attached hydrogens (tertiary/aromatic N) is 2. The summed E-state index contributed by atoms with van der Waals surface area (Å²) in [6, 6.07) is 11.6. The molecule has 0 atom stereocenters. The van der Waals surface area contributed by atoms with E-state index in [9.17, 15) is 0 Å². The molecule has 168 valence electrons. The van der Waals surface area contributed by atoms with Crippen molar-refractivity contribution in [3.8, 4) is 11.4 Å². The highest BCUT2D eigenvalue weighted by Gasteiger charge is 1.96. The summed E-state index contributed by atoms with van der Waals surface area (Å²) in [5, 5.41) is 0. The number of unbranched alkanes of at least 4 members (excludes halogenated alkanes) is 15. The van der Waals surface area contributed by atoms with E-state index in [1.54, 1.807) is 12.4 Å². The van der Waals surface area contributed by atoms with E-state index in [2.05, 4.69) is 23.8 Å². The molecular formula is C28H46N2. The molecule has 0 aliphatic heterocycles. The zero-order chi connectivity index (χ0) is 21.5. The molecule has 2 heterocycles. The molecule has 0 saturated heterocycles. The Labute approximate surface area is 187 Å². The summed E-state index contributed by atoms with van der Waals surface area (Å²) in [7, 11) is 0. The third kappa shape index (κ3) is 15.2. The van der Waals surface area contributed by atoms with Gasteiger partial charge in [-0.15, -0.1) is 0 Å². The van der Waals surface area contributed by atoms with Crippen molar-refractivity contribution >= 4 is 0 Å². The molecule has 0 N–H and O–H groups in total. The van der Waals surface area contributed by atoms with Crippen molar-refractivity contribution in [2.75, 3.05) is 0 Å². The maximum atomic E-state index is 4.19. The number of aromatic nitrogens is 2. The van der Waals surface area contributed by atoms with E-state index in [-0.39, 0.29) is 0 Å². The van der Waals surface area contributed by atoms with Crippen molar-refractivity contribution in [3.63, 3.8) is 0 Å². The van der Waals surface area contributed by atoms with E-state index in [4.69, 9.17) is 0 Å². The van der Waals surface area contributed by atoms with Crippen LogP contribution < -0.4 is 0 Å². The highest BCUT2D eigenvalue weighted by atomic mass is 14.7. The van der Waals surface area contributed by atoms with Gasteiger partial charge in [-0.3, -0.25) is 9.97 Å². The second kappa shape index (κ2) is 20.6. The molecule has 2 aromatic rings. The number of hydrogen-bond donors (Lipinski definition) is 0. The maximum absolute atomic E-state index is 4.19. The van der Waals surface area contributed by atoms with Crippen LogP contribution >= 0.6 is 0 Å². The molecule has 2 heteroatoms. The van der Waals surface area contributed by atoms with Crippen LogP contribution in [0.25, 0.3) is 11.4 Å². The topological polar surface area (TPSA) is 25.8 Å². The fraction of sp³-hybridized carbons (Fsp3) is 0.643. The van der Waals surface area contributed by atoms with Crippen molar-refractivity contribution in [1.29, 1.82) is 0 Å². The zero-order valence-corrected chi connectivity index (χ0v) is 19.8. The fourth-order valence-electron chi connectivity index (χ4n) is 3.65. The minimum absolute atomic E-state index is 0.915. The van der Waals surface area contributed by atoms with E-state index >= 15 is 0 Å². The molecule has 2 rings (SSSR count). The third-order valence-corrected chi connectivity index (χ3v) is 5.55. The van der Waals surface area contributed by atoms with Gasteiger partial charge in [-0.1, -0.05) is 129 Å². The maximum Gasteiger partial charge on any atom is 0.0886 e. The Morgan fingerprint density at radius 3 is 0.967 bits per heavy atom. The van der Waals surface area contributed by atoms with Crippen LogP contribution in [0.15, 0.2) is 48.8 Å². The summed E-state index contributed by atoms with van der Waals surface area (Å²) >= 11 is 0. The molecule has 0 bridgehead atoms. The Balaban J connectivity index is 0.000000321. The first-order valence-corrected chi connectivity index (χ1v) is 12.7. The Bertz CT molecular complexity index is 514. The molecule has 30 heavy (non-hydrogen) atoms. The van der Waals surface area contributed by atoms with Crippen molar-refractivity contribution in [3.05, 3.63) is 48.8 Å². The van der Waals surface area contributed by atoms with Gasteiger partial charge in [0.2, 0.25) is 0 Å². The molecule has 0 amide bonds. The first-order valence-electron chi connectivity index (χ1n) is 12.7. The summed E-state index contributed by atoms with van der Waals surface area (Å²) in [4.78, 5) is 8.37. The van der Waals surface area contributed by atoms with E-state index in [1.807, 2.05) is 36.4 Å². The molecule has 2 aromatic heterocycles. The first-order chi connectivity index (χ1) is 14.9. The molecule has 0 saturated carbocycles. The average Bonchev–Trinajstić information content (AvgIpc) is 2.81. The van der Waals surface area contributed by atoms with Gasteiger partial charge in [0.05, 0.1) is 11.4 Å². The van der Waals surface area contributed by atoms with Crippen LogP contribution in [-0.4, -0.2) is 9.97 Å². The number of rotatable bonds is 16. The van der Waals surface area contributed by atoms with Crippen LogP contribution in [0.2, 0.25) is 0 Å². The molecule has 0 radical (unpaired) electrons. The minimum atomic E-state index is 0.915. The number of hydrogen-bond acceptors (Lipinski definition) is 2. The van der Waals surface area contributed by atoms with E-state index < -0.39 is 0 Å². The molecule has 0 aliphatic rings. The summed E-state index contributed by atoms with van der Waals surface area (Å²) in [5.74, 6) is 0. The van der Waals surface area contributed by atoms with Crippen molar-refractivity contribution < 1.29 is 0 Å². The predicted octanol–water partition coefficient (Wildman–Crippen LogP) is 9.41. The molecule has 0 fully saturated rings. The zero-order valence-electron chi connectivity index (χ0n) is 19.8. The van der Waals surface area contributed by atoms with Gasteiger partial charge in [0.25, 0.3) is 0 Å². The number of pyridine rings is 2. The fourth-order valence-corrected chi connectivity index (χ4v) is 3.65. The summed E-state index contributed by atoms with van der Waals surface area (Å²) in [6.07, 6.45) is 26.9. The van der Waals surface area contributed by atoms with Gasteiger partial charge in [0.15, 0.2) is 0 Å². The lowest BCUT2D eigenvalue weighted by Crippen LogP contribution is -1.83. The van der Waals surface area contributed by atoms with Gasteiger partial charge in [0.1, 0.15) is 0 Å². The van der Waals surface area contributed by atoms with Crippen molar-refractivity contribution in [2.24, 2.45) is 0 Å². The van der Waals surface area contributed by atoms with E-state index in [0.717, 1.165) is 11.4 Å². The van der Waals surface area contributed by atoms with Crippen LogP contribution in [0, 0.1) is 0 Å². The minimum Gasteiger partial charge on any atom is -0.255 e. The summed E-state index contributed by atoms with van der Waals surface area (Å²) in [6.45, 7) is 4.59. The lowest BCUT2D eigenvalue weighted by molar-refractivity contribution is 0.531. The second-order valence-corrected chi connectivity index (χ2v) is 8.38. The normalized spacial score (nSPS) is 10.5. The molecule has 0 aliphatic carbocycles. The smallest absolute Gasteiger partial charge is 0.0886 e. The Hall–Kier alpha value is -1.70. The van der Waals surface area contributed by atoms with E-state index in [0.29, 0.717) is 0 Å². The molecular weight excluding hydrogens is 364 g/mol. The molecule has 0 aromatic carbocycles. The van der Waals surface area contributed by atoms with Crippen LogP contribution in [0.1, 0.15) is 117 Å². The molecule has 2 nitrogen and oxygen atoms in total. The Morgan fingerprint density at radius 1 is 0.433 bits per heavy atom. The van der Waals surface area contributed by atoms with Crippen LogP contribution in [0.5, 0.6) is 0 Å². The van der Waals surface area contributed by atoms with Gasteiger partial charge < -0.3 is 0 Å². The first kappa shape index (κ1) is 26.3. The van der Waals surface area contributed by atoms with Crippen LogP contribution in [0.3, 0.4) is 0 Å². The predicted molar refractivity (Wildman–Crippen MR) is 133 cm³/mol. The second-order valence-electron chi connectivity index (χ2n) is 8.38. The average molecular weight is 411 g/mol. The summed E-state index contributed by atoms with van der Waals surface area (Å²) in [5.41, 5.74) is 1.83. The van der Waals surface area contributed by atoms with Crippen LogP contribution in [-0.2, 0) is 0 Å². The Kier molecular flexibility index (Phi) is 18.1. The molecule has 0 unspecified atom stereocenters. The van der Waals surface area contributed by atoms with E-state index in [1.165, 1.54) is 103 Å². The monoisotopic (exact) mass is 410 g/mol. The van der Waals surface area contributed by atoms with Gasteiger partial charge in [-0.2, -0.15) is 0 Å². The van der Waals surface area contributed by atoms with Gasteiger partial charge >= 0.3 is 0 Å². The Morgan fingerprint density at radius 2 is 0.733 bits per heavy atom. The summed E-state index contributed by atoms with van der Waals surface area (Å²) < 4.78 is 0. The van der Waals surface area contributed by atoms with Gasteiger partial charge in [0, 0.05) is 12.4 Å². The van der Waals surface area contributed by atoms with Crippen LogP contribution in [0.4, 0.5) is 0 Å². The highest BCUT2D eigenvalue weighted by molar-refractivity contribution is 5.52. The SMILES string of the molecule is CCCCCCCCCCCCCCCCCC.c1ccc(-c2ccccn2)nc1. The van der Waals surface area contributed by atoms with Gasteiger partial charge in [-0.25, -0.2) is 0 Å². The molecule has 0 spiro atoms. The quantitative estimate of drug-likeness (QED) is 0.257. The standard InChI is InChI=1S/C18H38.C10H8N2/c1-3-5-7-9-11-13-15-17-18-16-14-12-10-8-6-4-2;1-3-7-11-9(5-1)10-6-2-4-8-12-10/h3-18H2,1-2H3;1-8H.